The van der Waals surface area contributed by atoms with Crippen LogP contribution in [0.15, 0.2) is 74.1 Å². The number of phenolic OH excluding ortho intramolecular Hbond substituents is 1. The van der Waals surface area contributed by atoms with Crippen LogP contribution in [0.1, 0.15) is 61.6 Å². The van der Waals surface area contributed by atoms with Crippen LogP contribution in [0, 0.1) is 6.92 Å². The van der Waals surface area contributed by atoms with E-state index in [2.05, 4.69) is 21.2 Å². The first-order valence-electron chi connectivity index (χ1n) is 18.2. The maximum absolute atomic E-state index is 14.0. The molecular formula is C40H41N6O8+. The maximum Gasteiger partial charge on any atom is 0.341 e. The number of nitrogens with two attached hydrogens (primary N) is 2. The number of rotatable bonds is 6. The Kier molecular flexibility index (Phi) is 7.75. The molecule has 54 heavy (non-hydrogen) atoms. The number of aliphatic hydroxyl groups is 1. The van der Waals surface area contributed by atoms with Gasteiger partial charge in [0, 0.05) is 35.0 Å². The number of ether oxygens (including phenoxy) is 3. The number of esters is 1. The Morgan fingerprint density at radius 2 is 1.87 bits per heavy atom. The van der Waals surface area contributed by atoms with E-state index in [0.29, 0.717) is 42.5 Å². The number of quaternary nitrogens is 1. The number of nitrogens with one attached hydrogen (secondary N) is 1. The Morgan fingerprint density at radius 3 is 2.69 bits per heavy atom. The number of carbonyl (C=O) groups excluding carboxylic acids is 1. The molecule has 14 nitrogen and oxygen atoms in total. The molecular weight excluding hydrogens is 692 g/mol. The van der Waals surface area contributed by atoms with Crippen LogP contribution in [0.25, 0.3) is 22.2 Å². The predicted molar refractivity (Wildman–Crippen MR) is 198 cm³/mol. The molecule has 7 N–H and O–H groups in total. The number of aromatic hydroxyl groups is 1. The van der Waals surface area contributed by atoms with Crippen LogP contribution in [-0.4, -0.2) is 68.4 Å². The minimum atomic E-state index is -1.24. The van der Waals surface area contributed by atoms with Crippen LogP contribution >= 0.6 is 0 Å². The van der Waals surface area contributed by atoms with E-state index in [-0.39, 0.29) is 40.9 Å². The van der Waals surface area contributed by atoms with Gasteiger partial charge in [-0.15, -0.1) is 0 Å². The van der Waals surface area contributed by atoms with Crippen molar-refractivity contribution in [2.24, 2.45) is 4.99 Å². The molecule has 278 valence electrons. The van der Waals surface area contributed by atoms with E-state index in [1.165, 1.54) is 16.5 Å². The van der Waals surface area contributed by atoms with Gasteiger partial charge in [0.05, 0.1) is 29.5 Å². The highest BCUT2D eigenvalue weighted by Crippen LogP contribution is 2.54. The van der Waals surface area contributed by atoms with Crippen molar-refractivity contribution in [3.63, 3.8) is 0 Å². The van der Waals surface area contributed by atoms with Crippen LogP contribution in [0.5, 0.6) is 11.5 Å². The number of pyridine rings is 2. The van der Waals surface area contributed by atoms with E-state index in [1.807, 2.05) is 24.4 Å². The van der Waals surface area contributed by atoms with Crippen LogP contribution in [0.4, 0.5) is 11.6 Å². The number of allylic oxidation sites excluding steroid dienone is 1. The summed E-state index contributed by atoms with van der Waals surface area (Å²) in [4.78, 5) is 41.7. The van der Waals surface area contributed by atoms with Crippen LogP contribution in [-0.2, 0) is 27.2 Å². The van der Waals surface area contributed by atoms with Crippen molar-refractivity contribution in [1.29, 1.82) is 0 Å². The molecule has 0 radical (unpaired) electrons. The van der Waals surface area contributed by atoms with Gasteiger partial charge in [-0.3, -0.25) is 14.7 Å². The first-order chi connectivity index (χ1) is 25.8. The molecule has 8 heterocycles. The number of aromatic nitrogens is 2. The second-order valence-corrected chi connectivity index (χ2v) is 15.5. The van der Waals surface area contributed by atoms with Crippen LogP contribution in [0.2, 0.25) is 0 Å². The fraction of sp³-hybridized carbons (Fsp3) is 0.375. The van der Waals surface area contributed by atoms with E-state index in [4.69, 9.17) is 30.1 Å². The summed E-state index contributed by atoms with van der Waals surface area (Å²) in [7, 11) is 0. The number of benzene rings is 1. The predicted octanol–water partition coefficient (Wildman–Crippen LogP) is 2.77. The highest BCUT2D eigenvalue weighted by molar-refractivity contribution is 5.88. The van der Waals surface area contributed by atoms with Gasteiger partial charge in [0.1, 0.15) is 70.5 Å². The SMILES string of the molecule is Cc1cc(=O)c2c(O)c3c(cc2o1)OC(C)(C)[C@@H]1OC(=O)[C@]2(CC[C@@H](O)[C@H]31)O[C@@H]2CCc1cc(N)nc(-c2cc(N)nc(C[NH+]3C=C4N=CC=C4C3)c2)c1. The molecule has 5 aliphatic rings. The number of hydrogen-bond donors (Lipinski definition) is 5. The average molecular weight is 734 g/mol. The molecule has 14 heteroatoms. The van der Waals surface area contributed by atoms with E-state index >= 15 is 0 Å². The van der Waals surface area contributed by atoms with Gasteiger partial charge in [-0.05, 0) is 82.4 Å². The molecule has 1 aromatic carbocycles. The van der Waals surface area contributed by atoms with Gasteiger partial charge in [0.25, 0.3) is 0 Å². The summed E-state index contributed by atoms with van der Waals surface area (Å²) < 4.78 is 24.3. The summed E-state index contributed by atoms with van der Waals surface area (Å²) in [5, 5.41) is 23.1. The minimum Gasteiger partial charge on any atom is -0.507 e. The molecule has 1 spiro atoms. The summed E-state index contributed by atoms with van der Waals surface area (Å²) in [6, 6.07) is 10.4. The van der Waals surface area contributed by atoms with Crippen molar-refractivity contribution in [1.82, 2.24) is 9.97 Å². The Balaban J connectivity index is 0.925. The van der Waals surface area contributed by atoms with Crippen molar-refractivity contribution < 1.29 is 38.5 Å². The Morgan fingerprint density at radius 1 is 1.06 bits per heavy atom. The van der Waals surface area contributed by atoms with Crippen molar-refractivity contribution in [2.75, 3.05) is 18.0 Å². The smallest absolute Gasteiger partial charge is 0.341 e. The summed E-state index contributed by atoms with van der Waals surface area (Å²) >= 11 is 0. The topological polar surface area (TPSA) is 213 Å². The number of nitrogen functional groups attached to an aromatic ring is 2. The molecule has 2 saturated heterocycles. The molecule has 0 amide bonds. The zero-order chi connectivity index (χ0) is 37.7. The van der Waals surface area contributed by atoms with E-state index in [9.17, 15) is 19.8 Å². The van der Waals surface area contributed by atoms with Gasteiger partial charge in [0.2, 0.25) is 0 Å². The molecule has 1 unspecified atom stereocenters. The molecule has 2 fully saturated rings. The number of carbonyl (C=O) groups is 1. The highest BCUT2D eigenvalue weighted by atomic mass is 16.7. The van der Waals surface area contributed by atoms with Gasteiger partial charge in [-0.2, -0.15) is 0 Å². The lowest BCUT2D eigenvalue weighted by atomic mass is 9.74. The maximum atomic E-state index is 14.0. The van der Waals surface area contributed by atoms with Gasteiger partial charge >= 0.3 is 5.97 Å². The normalized spacial score (nSPS) is 27.6. The van der Waals surface area contributed by atoms with Gasteiger partial charge in [0.15, 0.2) is 17.1 Å². The molecule has 6 atom stereocenters. The monoisotopic (exact) mass is 733 g/mol. The van der Waals surface area contributed by atoms with E-state index < -0.39 is 46.8 Å². The fourth-order valence-electron chi connectivity index (χ4n) is 8.67. The Hall–Kier alpha value is -5.57. The lowest BCUT2D eigenvalue weighted by molar-refractivity contribution is -0.852. The second-order valence-electron chi connectivity index (χ2n) is 15.5. The number of phenols is 1. The number of nitrogens with zero attached hydrogens (tertiary/aromatic N) is 3. The van der Waals surface area contributed by atoms with E-state index in [1.54, 1.807) is 39.0 Å². The molecule has 9 rings (SSSR count). The first kappa shape index (κ1) is 34.2. The van der Waals surface area contributed by atoms with Gasteiger partial charge < -0.3 is 40.3 Å². The van der Waals surface area contributed by atoms with Crippen molar-refractivity contribution in [3.8, 4) is 22.8 Å². The van der Waals surface area contributed by atoms with Crippen molar-refractivity contribution in [3.05, 3.63) is 92.7 Å². The Bertz CT molecular complexity index is 2420. The standard InChI is InChI=1S/C40H40N6O8/c1-19-10-27(48)33-28(51-19)15-29-35(36(33)49)34-26(47)6-8-40(38(50)52-37(34)39(2,3)53-29)30(54-40)5-4-20-11-24(45-31(41)12-20)22-13-23(44-32(42)14-22)17-46-16-21-7-9-43-25(21)18-46/h7,9-15,18,26,30,34,37,47,49H,4-6,8,16-17H2,1-3H3,(H2,41,45)(H2,42,44)/p+1/t26-,30-,34-,37-,40-/m1/s1. The molecule has 0 bridgehead atoms. The number of aliphatic hydroxyl groups excluding tert-OH is 1. The number of hydrogen-bond acceptors (Lipinski definition) is 13. The summed E-state index contributed by atoms with van der Waals surface area (Å²) in [6.45, 7) is 6.64. The summed E-state index contributed by atoms with van der Waals surface area (Å²) in [5.74, 6) is -0.398. The third-order valence-electron chi connectivity index (χ3n) is 11.2. The lowest BCUT2D eigenvalue weighted by Crippen LogP contribution is -3.04. The quantitative estimate of drug-likeness (QED) is 0.143. The highest BCUT2D eigenvalue weighted by Gasteiger charge is 2.66. The van der Waals surface area contributed by atoms with Gasteiger partial charge in [-0.1, -0.05) is 0 Å². The lowest BCUT2D eigenvalue weighted by Gasteiger charge is -2.47. The largest absolute Gasteiger partial charge is 0.507 e. The summed E-state index contributed by atoms with van der Waals surface area (Å²) in [5.41, 5.74) is 15.6. The molecule has 5 aliphatic heterocycles. The zero-order valence-electron chi connectivity index (χ0n) is 30.1. The molecule has 3 aromatic heterocycles. The average Bonchev–Trinajstić information content (AvgIpc) is 3.43. The van der Waals surface area contributed by atoms with E-state index in [0.717, 1.165) is 29.1 Å². The zero-order valence-corrected chi connectivity index (χ0v) is 30.1. The number of epoxide rings is 1. The number of anilines is 2. The third-order valence-corrected chi connectivity index (χ3v) is 11.2. The number of aliphatic imine (C=N–C) groups is 1. The minimum absolute atomic E-state index is 0.0201. The van der Waals surface area contributed by atoms with Crippen molar-refractivity contribution >= 4 is 34.8 Å². The first-order valence-corrected chi connectivity index (χ1v) is 18.2. The molecule has 4 aromatic rings. The molecule has 0 aliphatic carbocycles. The molecule has 0 saturated carbocycles. The second kappa shape index (κ2) is 12.2. The van der Waals surface area contributed by atoms with Crippen LogP contribution < -0.4 is 26.5 Å². The number of aryl methyl sites for hydroxylation is 2. The number of fused-ring (bicyclic) bond motifs is 5. The Labute approximate surface area is 309 Å². The fourth-order valence-corrected chi connectivity index (χ4v) is 8.67. The van der Waals surface area contributed by atoms with Crippen molar-refractivity contribution in [2.45, 2.75) is 88.4 Å². The van der Waals surface area contributed by atoms with Crippen LogP contribution in [0.3, 0.4) is 0 Å². The van der Waals surface area contributed by atoms with Gasteiger partial charge in [-0.25, -0.2) is 14.8 Å². The third kappa shape index (κ3) is 5.72. The summed E-state index contributed by atoms with van der Waals surface area (Å²) in [6.07, 6.45) is 4.85.